The van der Waals surface area contributed by atoms with Crippen LogP contribution in [-0.2, 0) is 4.79 Å². The van der Waals surface area contributed by atoms with Crippen molar-refractivity contribution >= 4 is 17.4 Å². The van der Waals surface area contributed by atoms with Crippen LogP contribution in [0.25, 0.3) is 0 Å². The van der Waals surface area contributed by atoms with Crippen LogP contribution in [0, 0.1) is 11.7 Å². The summed E-state index contributed by atoms with van der Waals surface area (Å²) in [4.78, 5) is 24.1. The molecule has 2 aromatic rings. The summed E-state index contributed by atoms with van der Waals surface area (Å²) < 4.78 is 13.1. The number of anilines is 1. The number of amides is 1. The molecule has 1 atom stereocenters. The second kappa shape index (κ2) is 7.18. The van der Waals surface area contributed by atoms with Gasteiger partial charge in [0.1, 0.15) is 5.82 Å². The lowest BCUT2D eigenvalue weighted by atomic mass is 9.87. The first-order valence-electron chi connectivity index (χ1n) is 7.56. The monoisotopic (exact) mass is 313 g/mol. The van der Waals surface area contributed by atoms with Crippen LogP contribution in [0.1, 0.15) is 42.6 Å². The van der Waals surface area contributed by atoms with E-state index in [-0.39, 0.29) is 23.4 Å². The Morgan fingerprint density at radius 2 is 1.70 bits per heavy atom. The zero-order valence-electron chi connectivity index (χ0n) is 13.5. The smallest absolute Gasteiger partial charge is 0.232 e. The number of hydrogen-bond acceptors (Lipinski definition) is 2. The molecule has 2 rings (SSSR count). The molecule has 0 saturated heterocycles. The highest BCUT2D eigenvalue weighted by molar-refractivity contribution is 5.99. The Morgan fingerprint density at radius 3 is 2.26 bits per heavy atom. The Hall–Kier alpha value is -2.49. The van der Waals surface area contributed by atoms with Gasteiger partial charge in [0, 0.05) is 11.3 Å². The van der Waals surface area contributed by atoms with Crippen molar-refractivity contribution in [3.05, 3.63) is 65.5 Å². The highest BCUT2D eigenvalue weighted by Gasteiger charge is 2.24. The molecule has 0 heterocycles. The van der Waals surface area contributed by atoms with E-state index in [2.05, 4.69) is 5.32 Å². The van der Waals surface area contributed by atoms with Crippen molar-refractivity contribution in [2.45, 2.75) is 26.7 Å². The molecule has 2 aromatic carbocycles. The van der Waals surface area contributed by atoms with Crippen molar-refractivity contribution in [2.75, 3.05) is 5.32 Å². The summed E-state index contributed by atoms with van der Waals surface area (Å²) >= 11 is 0. The van der Waals surface area contributed by atoms with Crippen LogP contribution in [-0.4, -0.2) is 11.7 Å². The maximum atomic E-state index is 13.1. The number of ketones is 1. The minimum Gasteiger partial charge on any atom is -0.326 e. The van der Waals surface area contributed by atoms with Crippen LogP contribution in [0.2, 0.25) is 0 Å². The Kier molecular flexibility index (Phi) is 5.27. The quantitative estimate of drug-likeness (QED) is 0.831. The van der Waals surface area contributed by atoms with E-state index in [1.54, 1.807) is 36.4 Å². The predicted octanol–water partition coefficient (Wildman–Crippen LogP) is 4.41. The van der Waals surface area contributed by atoms with Crippen molar-refractivity contribution in [1.82, 2.24) is 0 Å². The molecule has 0 fully saturated rings. The fourth-order valence-electron chi connectivity index (χ4n) is 2.55. The molecule has 1 amide bonds. The number of halogens is 1. The van der Waals surface area contributed by atoms with Gasteiger partial charge in [-0.1, -0.05) is 38.1 Å². The fourth-order valence-corrected chi connectivity index (χ4v) is 2.55. The standard InChI is InChI=1S/C19H20FNO2/c1-12(2)18(14-7-9-16(20)10-8-14)19(23)21-17-6-4-5-15(11-17)13(3)22/h4-12,18H,1-3H3,(H,21,23). The van der Waals surface area contributed by atoms with E-state index in [0.717, 1.165) is 5.56 Å². The van der Waals surface area contributed by atoms with Gasteiger partial charge in [-0.2, -0.15) is 0 Å². The van der Waals surface area contributed by atoms with Crippen LogP contribution >= 0.6 is 0 Å². The van der Waals surface area contributed by atoms with Crippen LogP contribution < -0.4 is 5.32 Å². The van der Waals surface area contributed by atoms with Gasteiger partial charge in [0.2, 0.25) is 5.91 Å². The number of hydrogen-bond donors (Lipinski definition) is 1. The number of carbonyl (C=O) groups is 2. The Balaban J connectivity index is 2.23. The lowest BCUT2D eigenvalue weighted by Crippen LogP contribution is -2.25. The molecule has 0 aliphatic heterocycles. The number of carbonyl (C=O) groups excluding carboxylic acids is 2. The Bertz CT molecular complexity index is 708. The summed E-state index contributed by atoms with van der Waals surface area (Å²) in [5.41, 5.74) is 1.89. The lowest BCUT2D eigenvalue weighted by Gasteiger charge is -2.21. The summed E-state index contributed by atoms with van der Waals surface area (Å²) in [7, 11) is 0. The maximum Gasteiger partial charge on any atom is 0.232 e. The Labute approximate surface area is 135 Å². The average Bonchev–Trinajstić information content (AvgIpc) is 2.49. The van der Waals surface area contributed by atoms with E-state index in [1.165, 1.54) is 19.1 Å². The van der Waals surface area contributed by atoms with Crippen molar-refractivity contribution < 1.29 is 14.0 Å². The molecule has 120 valence electrons. The molecule has 1 N–H and O–H groups in total. The summed E-state index contributed by atoms with van der Waals surface area (Å²) in [5, 5.41) is 2.85. The zero-order chi connectivity index (χ0) is 17.0. The van der Waals surface area contributed by atoms with Gasteiger partial charge >= 0.3 is 0 Å². The van der Waals surface area contributed by atoms with Crippen molar-refractivity contribution in [1.29, 1.82) is 0 Å². The summed E-state index contributed by atoms with van der Waals surface area (Å²) in [5.74, 6) is -0.897. The van der Waals surface area contributed by atoms with Gasteiger partial charge in [0.05, 0.1) is 5.92 Å². The van der Waals surface area contributed by atoms with Crippen LogP contribution in [0.15, 0.2) is 48.5 Å². The minimum atomic E-state index is -0.392. The second-order valence-electron chi connectivity index (χ2n) is 5.90. The molecule has 23 heavy (non-hydrogen) atoms. The normalized spacial score (nSPS) is 12.0. The molecule has 0 aromatic heterocycles. The molecular weight excluding hydrogens is 293 g/mol. The molecule has 0 aliphatic rings. The van der Waals surface area contributed by atoms with Crippen molar-refractivity contribution in [2.24, 2.45) is 5.92 Å². The van der Waals surface area contributed by atoms with Gasteiger partial charge < -0.3 is 5.32 Å². The summed E-state index contributed by atoms with van der Waals surface area (Å²) in [6.45, 7) is 5.37. The van der Waals surface area contributed by atoms with Gasteiger partial charge in [-0.05, 0) is 42.7 Å². The third-order valence-corrected chi connectivity index (χ3v) is 3.71. The fraction of sp³-hybridized carbons (Fsp3) is 0.263. The largest absolute Gasteiger partial charge is 0.326 e. The van der Waals surface area contributed by atoms with E-state index >= 15 is 0 Å². The van der Waals surface area contributed by atoms with E-state index in [9.17, 15) is 14.0 Å². The number of Topliss-reactive ketones (excluding diaryl/α,β-unsaturated/α-hetero) is 1. The van der Waals surface area contributed by atoms with Gasteiger partial charge in [0.15, 0.2) is 5.78 Å². The van der Waals surface area contributed by atoms with Gasteiger partial charge in [-0.15, -0.1) is 0 Å². The minimum absolute atomic E-state index is 0.0523. The number of nitrogens with one attached hydrogen (secondary N) is 1. The molecular formula is C19H20FNO2. The summed E-state index contributed by atoms with van der Waals surface area (Å²) in [6, 6.07) is 12.8. The van der Waals surface area contributed by atoms with Crippen molar-refractivity contribution in [3.8, 4) is 0 Å². The molecule has 0 aliphatic carbocycles. The predicted molar refractivity (Wildman–Crippen MR) is 89.1 cm³/mol. The van der Waals surface area contributed by atoms with Gasteiger partial charge in [0.25, 0.3) is 0 Å². The lowest BCUT2D eigenvalue weighted by molar-refractivity contribution is -0.118. The van der Waals surface area contributed by atoms with E-state index in [1.807, 2.05) is 13.8 Å². The molecule has 0 bridgehead atoms. The average molecular weight is 313 g/mol. The van der Waals surface area contributed by atoms with Crippen LogP contribution in [0.3, 0.4) is 0 Å². The molecule has 0 spiro atoms. The third-order valence-electron chi connectivity index (χ3n) is 3.71. The number of rotatable bonds is 5. The molecule has 0 saturated carbocycles. The Morgan fingerprint density at radius 1 is 1.04 bits per heavy atom. The van der Waals surface area contributed by atoms with Crippen LogP contribution in [0.5, 0.6) is 0 Å². The van der Waals surface area contributed by atoms with E-state index in [4.69, 9.17) is 0 Å². The van der Waals surface area contributed by atoms with Crippen molar-refractivity contribution in [3.63, 3.8) is 0 Å². The van der Waals surface area contributed by atoms with Gasteiger partial charge in [-0.25, -0.2) is 4.39 Å². The SMILES string of the molecule is CC(=O)c1cccc(NC(=O)C(c2ccc(F)cc2)C(C)C)c1. The first-order chi connectivity index (χ1) is 10.9. The summed E-state index contributed by atoms with van der Waals surface area (Å²) in [6.07, 6.45) is 0. The topological polar surface area (TPSA) is 46.2 Å². The third kappa shape index (κ3) is 4.25. The molecule has 3 nitrogen and oxygen atoms in total. The van der Waals surface area contributed by atoms with E-state index < -0.39 is 5.92 Å². The highest BCUT2D eigenvalue weighted by atomic mass is 19.1. The van der Waals surface area contributed by atoms with E-state index in [0.29, 0.717) is 11.3 Å². The number of benzene rings is 2. The second-order valence-corrected chi connectivity index (χ2v) is 5.90. The zero-order valence-corrected chi connectivity index (χ0v) is 13.5. The van der Waals surface area contributed by atoms with Crippen LogP contribution in [0.4, 0.5) is 10.1 Å². The molecule has 4 heteroatoms. The molecule has 1 unspecified atom stereocenters. The maximum absolute atomic E-state index is 13.1. The molecule has 0 radical (unpaired) electrons. The first-order valence-corrected chi connectivity index (χ1v) is 7.56. The van der Waals surface area contributed by atoms with Gasteiger partial charge in [-0.3, -0.25) is 9.59 Å². The highest BCUT2D eigenvalue weighted by Crippen LogP contribution is 2.26. The first kappa shape index (κ1) is 16.9.